The monoisotopic (exact) mass is 404 g/mol. The van der Waals surface area contributed by atoms with Crippen molar-refractivity contribution >= 4 is 15.7 Å². The summed E-state index contributed by atoms with van der Waals surface area (Å²) in [5.41, 5.74) is 0.0253. The Morgan fingerprint density at radius 3 is 2.29 bits per heavy atom. The van der Waals surface area contributed by atoms with E-state index in [9.17, 15) is 13.2 Å². The van der Waals surface area contributed by atoms with Crippen LogP contribution in [0.1, 0.15) is 13.8 Å². The van der Waals surface area contributed by atoms with Crippen molar-refractivity contribution in [2.75, 3.05) is 12.3 Å². The summed E-state index contributed by atoms with van der Waals surface area (Å²) in [5.74, 6) is -0.224. The van der Waals surface area contributed by atoms with Crippen LogP contribution in [0.3, 0.4) is 0 Å². The van der Waals surface area contributed by atoms with Crippen LogP contribution in [0.25, 0.3) is 0 Å². The number of sulfone groups is 1. The predicted octanol–water partition coefficient (Wildman–Crippen LogP) is 2.68. The number of ether oxygens (including phenoxy) is 1. The average Bonchev–Trinajstić information content (AvgIpc) is 2.68. The van der Waals surface area contributed by atoms with Gasteiger partial charge in [-0.1, -0.05) is 30.4 Å². The molecule has 0 heterocycles. The van der Waals surface area contributed by atoms with E-state index in [0.29, 0.717) is 11.5 Å². The fourth-order valence-electron chi connectivity index (χ4n) is 2.53. The van der Waals surface area contributed by atoms with Gasteiger partial charge in [0.1, 0.15) is 17.0 Å². The molecule has 2 aromatic carbocycles. The Hall–Kier alpha value is -2.68. The molecule has 0 saturated carbocycles. The molecule has 0 saturated heterocycles. The number of para-hydroxylation sites is 1. The minimum atomic E-state index is -3.81. The van der Waals surface area contributed by atoms with Gasteiger partial charge < -0.3 is 4.74 Å². The summed E-state index contributed by atoms with van der Waals surface area (Å²) in [6.45, 7) is 3.51. The first-order chi connectivity index (χ1) is 13.3. The van der Waals surface area contributed by atoms with Crippen molar-refractivity contribution in [1.82, 2.24) is 10.8 Å². The van der Waals surface area contributed by atoms with Crippen molar-refractivity contribution in [1.29, 1.82) is 0 Å². The molecule has 0 aliphatic rings. The first-order valence-corrected chi connectivity index (χ1v) is 10.3. The molecule has 0 spiro atoms. The second-order valence-electron chi connectivity index (χ2n) is 6.37. The van der Waals surface area contributed by atoms with E-state index in [0.717, 1.165) is 0 Å². The molecule has 2 rings (SSSR count). The van der Waals surface area contributed by atoms with Gasteiger partial charge in [-0.25, -0.2) is 13.9 Å². The average molecular weight is 404 g/mol. The van der Waals surface area contributed by atoms with Crippen molar-refractivity contribution in [2.45, 2.75) is 24.3 Å². The number of allylic oxidation sites excluding steroid dienone is 1. The molecule has 28 heavy (non-hydrogen) atoms. The highest BCUT2D eigenvalue weighted by Gasteiger charge is 2.38. The minimum Gasteiger partial charge on any atom is -0.457 e. The fraction of sp³-hybridized carbons (Fsp3) is 0.250. The van der Waals surface area contributed by atoms with E-state index >= 15 is 0 Å². The highest BCUT2D eigenvalue weighted by atomic mass is 32.2. The Morgan fingerprint density at radius 2 is 1.71 bits per heavy atom. The molecule has 8 heteroatoms. The van der Waals surface area contributed by atoms with Crippen LogP contribution in [0, 0.1) is 0 Å². The van der Waals surface area contributed by atoms with Crippen molar-refractivity contribution in [2.24, 2.45) is 0 Å². The number of hydrogen-bond donors (Lipinski definition) is 3. The molecule has 1 unspecified atom stereocenters. The van der Waals surface area contributed by atoms with E-state index in [1.54, 1.807) is 43.3 Å². The van der Waals surface area contributed by atoms with Crippen LogP contribution < -0.4 is 15.5 Å². The normalized spacial score (nSPS) is 13.8. The lowest BCUT2D eigenvalue weighted by atomic mass is 10.0. The summed E-state index contributed by atoms with van der Waals surface area (Å²) in [6, 6.07) is 15.1. The fourth-order valence-corrected chi connectivity index (χ4v) is 4.24. The van der Waals surface area contributed by atoms with Gasteiger partial charge >= 0.3 is 0 Å². The lowest BCUT2D eigenvalue weighted by molar-refractivity contribution is -0.134. The predicted molar refractivity (Wildman–Crippen MR) is 106 cm³/mol. The Kier molecular flexibility index (Phi) is 7.33. The quantitative estimate of drug-likeness (QED) is 0.337. The third-order valence-corrected chi connectivity index (χ3v) is 6.04. The summed E-state index contributed by atoms with van der Waals surface area (Å²) in [7, 11) is -3.81. The zero-order valence-corrected chi connectivity index (χ0v) is 16.6. The number of nitrogens with one attached hydrogen (secondary N) is 2. The van der Waals surface area contributed by atoms with E-state index in [1.165, 1.54) is 24.5 Å². The highest BCUT2D eigenvalue weighted by molar-refractivity contribution is 7.91. The third-order valence-electron chi connectivity index (χ3n) is 4.09. The maximum atomic E-state index is 12.8. The number of carbonyl (C=O) groups is 1. The summed E-state index contributed by atoms with van der Waals surface area (Å²) < 4.78 is 31.3. The van der Waals surface area contributed by atoms with Crippen LogP contribution in [0.5, 0.6) is 11.5 Å². The Bertz CT molecular complexity index is 911. The van der Waals surface area contributed by atoms with Gasteiger partial charge in [0.15, 0.2) is 9.84 Å². The second kappa shape index (κ2) is 9.50. The molecule has 0 bridgehead atoms. The summed E-state index contributed by atoms with van der Waals surface area (Å²) >= 11 is 0. The van der Waals surface area contributed by atoms with Crippen LogP contribution in [-0.4, -0.2) is 37.4 Å². The topological polar surface area (TPSA) is 105 Å². The zero-order chi connectivity index (χ0) is 20.6. The summed E-state index contributed by atoms with van der Waals surface area (Å²) in [4.78, 5) is 12.1. The number of benzene rings is 2. The smallest absolute Gasteiger partial charge is 0.264 e. The summed E-state index contributed by atoms with van der Waals surface area (Å²) in [6.07, 6.45) is 3.51. The molecule has 7 nitrogen and oxygen atoms in total. The minimum absolute atomic E-state index is 0.0534. The highest BCUT2D eigenvalue weighted by Crippen LogP contribution is 2.24. The van der Waals surface area contributed by atoms with E-state index in [1.807, 2.05) is 18.2 Å². The standard InChI is InChI=1S/C20H24N2O5S/c1-3-4-14-21-20(2,19(23)22-24)15-28(25,26)18-12-10-17(11-13-18)27-16-8-6-5-7-9-16/h3-13,21,24H,14-15H2,1-2H3,(H,22,23)/b4-3+. The van der Waals surface area contributed by atoms with Crippen LogP contribution >= 0.6 is 0 Å². The molecule has 0 aliphatic carbocycles. The second-order valence-corrected chi connectivity index (χ2v) is 8.36. The molecule has 0 aliphatic heterocycles. The van der Waals surface area contributed by atoms with Gasteiger partial charge in [0.2, 0.25) is 0 Å². The van der Waals surface area contributed by atoms with Gasteiger partial charge in [0, 0.05) is 6.54 Å². The zero-order valence-electron chi connectivity index (χ0n) is 15.8. The Labute approximate surface area is 164 Å². The summed E-state index contributed by atoms with van der Waals surface area (Å²) in [5, 5.41) is 11.9. The van der Waals surface area contributed by atoms with Crippen molar-refractivity contribution in [3.63, 3.8) is 0 Å². The van der Waals surface area contributed by atoms with Crippen molar-refractivity contribution in [3.05, 3.63) is 66.7 Å². The van der Waals surface area contributed by atoms with Gasteiger partial charge in [-0.05, 0) is 50.2 Å². The molecule has 1 atom stereocenters. The maximum Gasteiger partial charge on any atom is 0.264 e. The first kappa shape index (κ1) is 21.6. The molecule has 0 fully saturated rings. The maximum absolute atomic E-state index is 12.8. The Morgan fingerprint density at radius 1 is 1.11 bits per heavy atom. The molecule has 0 radical (unpaired) electrons. The molecule has 0 aromatic heterocycles. The SMILES string of the molecule is C/C=C/CNC(C)(CS(=O)(=O)c1ccc(Oc2ccccc2)cc1)C(=O)NO. The molecule has 1 amide bonds. The van der Waals surface area contributed by atoms with Crippen LogP contribution in [0.4, 0.5) is 0 Å². The van der Waals surface area contributed by atoms with Gasteiger partial charge in [0.05, 0.1) is 10.6 Å². The van der Waals surface area contributed by atoms with Crippen LogP contribution in [0.2, 0.25) is 0 Å². The van der Waals surface area contributed by atoms with E-state index in [4.69, 9.17) is 9.94 Å². The number of hydrogen-bond acceptors (Lipinski definition) is 6. The molecular formula is C20H24N2O5S. The van der Waals surface area contributed by atoms with E-state index < -0.39 is 27.0 Å². The molecular weight excluding hydrogens is 380 g/mol. The number of rotatable bonds is 9. The lowest BCUT2D eigenvalue weighted by Gasteiger charge is -2.27. The van der Waals surface area contributed by atoms with Crippen molar-refractivity contribution < 1.29 is 23.2 Å². The van der Waals surface area contributed by atoms with E-state index in [-0.39, 0.29) is 11.4 Å². The number of hydroxylamine groups is 1. The number of amides is 1. The largest absolute Gasteiger partial charge is 0.457 e. The molecule has 2 aromatic rings. The van der Waals surface area contributed by atoms with Crippen LogP contribution in [-0.2, 0) is 14.6 Å². The van der Waals surface area contributed by atoms with Crippen LogP contribution in [0.15, 0.2) is 71.6 Å². The van der Waals surface area contributed by atoms with Gasteiger partial charge in [-0.2, -0.15) is 0 Å². The lowest BCUT2D eigenvalue weighted by Crippen LogP contribution is -2.58. The van der Waals surface area contributed by atoms with Gasteiger partial charge in [0.25, 0.3) is 5.91 Å². The third kappa shape index (κ3) is 5.66. The molecule has 150 valence electrons. The number of carbonyl (C=O) groups excluding carboxylic acids is 1. The molecule has 3 N–H and O–H groups in total. The Balaban J connectivity index is 2.18. The van der Waals surface area contributed by atoms with Gasteiger partial charge in [-0.15, -0.1) is 0 Å². The van der Waals surface area contributed by atoms with Gasteiger partial charge in [-0.3, -0.25) is 15.3 Å². The first-order valence-electron chi connectivity index (χ1n) is 8.67. The van der Waals surface area contributed by atoms with E-state index in [2.05, 4.69) is 5.32 Å². The van der Waals surface area contributed by atoms with Crippen molar-refractivity contribution in [3.8, 4) is 11.5 Å².